The first-order valence-electron chi connectivity index (χ1n) is 6.14. The zero-order valence-corrected chi connectivity index (χ0v) is 12.1. The van der Waals surface area contributed by atoms with Gasteiger partial charge in [0, 0.05) is 22.8 Å². The fourth-order valence-corrected chi connectivity index (χ4v) is 2.36. The number of halogens is 2. The molecule has 19 heavy (non-hydrogen) atoms. The molecular weight excluding hydrogens is 265 g/mol. The lowest BCUT2D eigenvalue weighted by molar-refractivity contribution is 0.622. The van der Waals surface area contributed by atoms with Crippen LogP contribution in [0.25, 0.3) is 0 Å². The number of nitrogens with one attached hydrogen (secondary N) is 1. The van der Waals surface area contributed by atoms with Gasteiger partial charge in [0.15, 0.2) is 0 Å². The van der Waals surface area contributed by atoms with Crippen LogP contribution in [0, 0.1) is 19.7 Å². The van der Waals surface area contributed by atoms with Crippen molar-refractivity contribution < 1.29 is 4.39 Å². The molecule has 1 aromatic carbocycles. The van der Waals surface area contributed by atoms with Crippen LogP contribution in [-0.2, 0) is 13.1 Å². The van der Waals surface area contributed by atoms with Crippen LogP contribution in [-0.4, -0.2) is 16.8 Å². The maximum atomic E-state index is 13.0. The highest BCUT2D eigenvalue weighted by atomic mass is 35.5. The molecule has 0 aliphatic carbocycles. The van der Waals surface area contributed by atoms with Gasteiger partial charge < -0.3 is 5.32 Å². The Morgan fingerprint density at radius 1 is 1.37 bits per heavy atom. The number of nitrogens with zero attached hydrogens (tertiary/aromatic N) is 2. The Morgan fingerprint density at radius 2 is 2.11 bits per heavy atom. The molecule has 0 radical (unpaired) electrons. The van der Waals surface area contributed by atoms with Crippen molar-refractivity contribution in [2.24, 2.45) is 0 Å². The molecule has 0 fully saturated rings. The van der Waals surface area contributed by atoms with Crippen LogP contribution in [0.3, 0.4) is 0 Å². The molecule has 2 aromatic rings. The number of hydrogen-bond acceptors (Lipinski definition) is 2. The number of benzene rings is 1. The summed E-state index contributed by atoms with van der Waals surface area (Å²) < 4.78 is 14.9. The Balaban J connectivity index is 2.31. The van der Waals surface area contributed by atoms with E-state index in [9.17, 15) is 4.39 Å². The molecule has 0 bridgehead atoms. The Hall–Kier alpha value is -1.39. The van der Waals surface area contributed by atoms with Crippen LogP contribution in [0.1, 0.15) is 22.5 Å². The first-order valence-corrected chi connectivity index (χ1v) is 6.52. The maximum absolute atomic E-state index is 13.0. The van der Waals surface area contributed by atoms with Gasteiger partial charge in [0.25, 0.3) is 0 Å². The van der Waals surface area contributed by atoms with E-state index in [4.69, 9.17) is 11.6 Å². The van der Waals surface area contributed by atoms with Crippen molar-refractivity contribution >= 4 is 11.6 Å². The lowest BCUT2D eigenvalue weighted by Crippen LogP contribution is -2.08. The Bertz CT molecular complexity index is 593. The van der Waals surface area contributed by atoms with E-state index in [0.29, 0.717) is 11.6 Å². The minimum absolute atomic E-state index is 0.321. The summed E-state index contributed by atoms with van der Waals surface area (Å²) in [6.07, 6.45) is 0. The van der Waals surface area contributed by atoms with Gasteiger partial charge in [-0.05, 0) is 38.6 Å². The number of aromatic nitrogens is 2. The van der Waals surface area contributed by atoms with Gasteiger partial charge in [-0.1, -0.05) is 17.7 Å². The summed E-state index contributed by atoms with van der Waals surface area (Å²) in [4.78, 5) is 0. The van der Waals surface area contributed by atoms with Crippen molar-refractivity contribution in [3.8, 4) is 0 Å². The summed E-state index contributed by atoms with van der Waals surface area (Å²) >= 11 is 6.05. The van der Waals surface area contributed by atoms with Gasteiger partial charge >= 0.3 is 0 Å². The second-order valence-corrected chi connectivity index (χ2v) is 4.98. The van der Waals surface area contributed by atoms with Crippen molar-refractivity contribution in [1.29, 1.82) is 0 Å². The molecule has 0 aliphatic rings. The molecule has 0 atom stereocenters. The van der Waals surface area contributed by atoms with Crippen LogP contribution in [0.15, 0.2) is 18.2 Å². The minimum atomic E-state index is -0.321. The standard InChI is InChI=1S/C14H17ClFN3/c1-9-13(7-17-3)10(2)19(18-9)8-11-4-5-12(16)6-14(11)15/h4-6,17H,7-8H2,1-3H3. The topological polar surface area (TPSA) is 29.9 Å². The minimum Gasteiger partial charge on any atom is -0.316 e. The predicted molar refractivity (Wildman–Crippen MR) is 75.0 cm³/mol. The van der Waals surface area contributed by atoms with E-state index >= 15 is 0 Å². The van der Waals surface area contributed by atoms with Crippen LogP contribution >= 0.6 is 11.6 Å². The van der Waals surface area contributed by atoms with Crippen molar-refractivity contribution in [1.82, 2.24) is 15.1 Å². The van der Waals surface area contributed by atoms with E-state index in [1.807, 2.05) is 25.6 Å². The van der Waals surface area contributed by atoms with Crippen LogP contribution in [0.2, 0.25) is 5.02 Å². The van der Waals surface area contributed by atoms with E-state index in [0.717, 1.165) is 23.5 Å². The number of rotatable bonds is 4. The van der Waals surface area contributed by atoms with E-state index in [1.54, 1.807) is 6.07 Å². The highest BCUT2D eigenvalue weighted by molar-refractivity contribution is 6.31. The van der Waals surface area contributed by atoms with Crippen molar-refractivity contribution in [2.45, 2.75) is 26.9 Å². The van der Waals surface area contributed by atoms with Gasteiger partial charge in [-0.2, -0.15) is 5.10 Å². The molecule has 0 amide bonds. The average Bonchev–Trinajstić information content (AvgIpc) is 2.61. The van der Waals surface area contributed by atoms with Gasteiger partial charge in [0.05, 0.1) is 12.2 Å². The van der Waals surface area contributed by atoms with Gasteiger partial charge in [0.1, 0.15) is 5.82 Å². The zero-order chi connectivity index (χ0) is 14.0. The Kier molecular flexibility index (Phi) is 4.22. The molecule has 1 aromatic heterocycles. The third-order valence-electron chi connectivity index (χ3n) is 3.22. The lowest BCUT2D eigenvalue weighted by Gasteiger charge is -2.07. The molecule has 0 saturated carbocycles. The summed E-state index contributed by atoms with van der Waals surface area (Å²) in [5.41, 5.74) is 4.17. The van der Waals surface area contributed by atoms with Gasteiger partial charge in [-0.25, -0.2) is 4.39 Å². The summed E-state index contributed by atoms with van der Waals surface area (Å²) in [5, 5.41) is 8.08. The fraction of sp³-hybridized carbons (Fsp3) is 0.357. The summed E-state index contributed by atoms with van der Waals surface area (Å²) in [6.45, 7) is 5.36. The van der Waals surface area contributed by atoms with Crippen molar-refractivity contribution in [2.75, 3.05) is 7.05 Å². The molecule has 102 valence electrons. The molecular formula is C14H17ClFN3. The van der Waals surface area contributed by atoms with Gasteiger partial charge in [-0.15, -0.1) is 0 Å². The van der Waals surface area contributed by atoms with E-state index in [2.05, 4.69) is 10.4 Å². The third kappa shape index (κ3) is 2.96. The fourth-order valence-electron chi connectivity index (χ4n) is 2.13. The van der Waals surface area contributed by atoms with Crippen molar-refractivity contribution in [3.63, 3.8) is 0 Å². The van der Waals surface area contributed by atoms with Crippen molar-refractivity contribution in [3.05, 3.63) is 51.6 Å². The predicted octanol–water partition coefficient (Wildman–Crippen LogP) is 3.06. The smallest absolute Gasteiger partial charge is 0.124 e. The highest BCUT2D eigenvalue weighted by Crippen LogP contribution is 2.20. The average molecular weight is 282 g/mol. The number of hydrogen-bond donors (Lipinski definition) is 1. The van der Waals surface area contributed by atoms with Crippen LogP contribution < -0.4 is 5.32 Å². The molecule has 2 rings (SSSR count). The first-order chi connectivity index (χ1) is 9.02. The first kappa shape index (κ1) is 14.0. The largest absolute Gasteiger partial charge is 0.316 e. The zero-order valence-electron chi connectivity index (χ0n) is 11.3. The quantitative estimate of drug-likeness (QED) is 0.933. The normalized spacial score (nSPS) is 11.0. The molecule has 0 spiro atoms. The van der Waals surface area contributed by atoms with Crippen LogP contribution in [0.4, 0.5) is 4.39 Å². The van der Waals surface area contributed by atoms with E-state index < -0.39 is 0 Å². The Morgan fingerprint density at radius 3 is 2.74 bits per heavy atom. The summed E-state index contributed by atoms with van der Waals surface area (Å²) in [5.74, 6) is -0.321. The molecule has 0 unspecified atom stereocenters. The Labute approximate surface area is 117 Å². The summed E-state index contributed by atoms with van der Waals surface area (Å²) in [6, 6.07) is 4.45. The van der Waals surface area contributed by atoms with E-state index in [-0.39, 0.29) is 5.82 Å². The highest BCUT2D eigenvalue weighted by Gasteiger charge is 2.12. The third-order valence-corrected chi connectivity index (χ3v) is 3.57. The molecule has 5 heteroatoms. The molecule has 1 heterocycles. The van der Waals surface area contributed by atoms with Gasteiger partial charge in [-0.3, -0.25) is 4.68 Å². The maximum Gasteiger partial charge on any atom is 0.124 e. The molecule has 3 nitrogen and oxygen atoms in total. The monoisotopic (exact) mass is 281 g/mol. The molecule has 1 N–H and O–H groups in total. The SMILES string of the molecule is CNCc1c(C)nn(Cc2ccc(F)cc2Cl)c1C. The second-order valence-electron chi connectivity index (χ2n) is 4.57. The molecule has 0 saturated heterocycles. The van der Waals surface area contributed by atoms with Gasteiger partial charge in [0.2, 0.25) is 0 Å². The van der Waals surface area contributed by atoms with E-state index in [1.165, 1.54) is 17.7 Å². The van der Waals surface area contributed by atoms with Crippen LogP contribution in [0.5, 0.6) is 0 Å². The summed E-state index contributed by atoms with van der Waals surface area (Å²) in [7, 11) is 1.91. The molecule has 0 aliphatic heterocycles. The second kappa shape index (κ2) is 5.72. The number of aryl methyl sites for hydroxylation is 1. The lowest BCUT2D eigenvalue weighted by atomic mass is 10.2.